The van der Waals surface area contributed by atoms with Gasteiger partial charge < -0.3 is 4.74 Å². The minimum Gasteiger partial charge on any atom is -0.423 e. The summed E-state index contributed by atoms with van der Waals surface area (Å²) in [5.41, 5.74) is 3.06. The molecule has 8 nitrogen and oxygen atoms in total. The number of hydrogen-bond acceptors (Lipinski definition) is 6. The third-order valence-corrected chi connectivity index (χ3v) is 4.60. The van der Waals surface area contributed by atoms with E-state index in [4.69, 9.17) is 4.74 Å². The minimum absolute atomic E-state index is 0.136. The van der Waals surface area contributed by atoms with Crippen LogP contribution in [-0.4, -0.2) is 23.0 Å². The second-order valence-corrected chi connectivity index (χ2v) is 6.77. The number of rotatable bonds is 6. The number of nitrogens with zero attached hydrogens (tertiary/aromatic N) is 2. The Morgan fingerprint density at radius 1 is 0.967 bits per heavy atom. The maximum absolute atomic E-state index is 12.2. The molecule has 3 aromatic rings. The summed E-state index contributed by atoms with van der Waals surface area (Å²) in [6.45, 7) is 0. The smallest absolute Gasteiger partial charge is 0.350 e. The van der Waals surface area contributed by atoms with E-state index in [2.05, 4.69) is 26.5 Å². The van der Waals surface area contributed by atoms with Gasteiger partial charge in [0.05, 0.1) is 16.7 Å². The first-order chi connectivity index (χ1) is 14.5. The molecule has 1 N–H and O–H groups in total. The number of nitrogens with one attached hydrogen (secondary N) is 1. The van der Waals surface area contributed by atoms with E-state index in [9.17, 15) is 19.7 Å². The molecule has 0 saturated carbocycles. The molecule has 0 fully saturated rings. The van der Waals surface area contributed by atoms with Crippen molar-refractivity contribution in [2.45, 2.75) is 0 Å². The molecular weight excluding hydrogens is 454 g/mol. The standard InChI is InChI=1S/C21H14BrN3O5/c22-18-7-3-1-5-16(18)20(26)24-23-13-14-9-11-15(12-10-14)30-21(27)17-6-2-4-8-19(17)25(28)29/h1-13H,(H,24,26)/b23-13-. The van der Waals surface area contributed by atoms with Crippen LogP contribution >= 0.6 is 15.9 Å². The van der Waals surface area contributed by atoms with Crippen molar-refractivity contribution in [3.63, 3.8) is 0 Å². The highest BCUT2D eigenvalue weighted by Crippen LogP contribution is 2.21. The summed E-state index contributed by atoms with van der Waals surface area (Å²) < 4.78 is 5.85. The molecule has 150 valence electrons. The van der Waals surface area contributed by atoms with Crippen LogP contribution in [0.1, 0.15) is 26.3 Å². The molecule has 0 spiro atoms. The average Bonchev–Trinajstić information content (AvgIpc) is 2.75. The van der Waals surface area contributed by atoms with Crippen molar-refractivity contribution >= 4 is 39.7 Å². The van der Waals surface area contributed by atoms with Crippen molar-refractivity contribution in [1.29, 1.82) is 0 Å². The van der Waals surface area contributed by atoms with Crippen molar-refractivity contribution < 1.29 is 19.2 Å². The van der Waals surface area contributed by atoms with Crippen molar-refractivity contribution in [3.8, 4) is 5.75 Å². The number of carbonyl (C=O) groups excluding carboxylic acids is 2. The van der Waals surface area contributed by atoms with E-state index >= 15 is 0 Å². The van der Waals surface area contributed by atoms with Gasteiger partial charge >= 0.3 is 5.97 Å². The molecule has 9 heteroatoms. The lowest BCUT2D eigenvalue weighted by Gasteiger charge is -2.05. The number of benzene rings is 3. The van der Waals surface area contributed by atoms with Crippen LogP contribution in [0.2, 0.25) is 0 Å². The molecule has 0 saturated heterocycles. The normalized spacial score (nSPS) is 10.6. The van der Waals surface area contributed by atoms with Crippen LogP contribution in [0.4, 0.5) is 5.69 Å². The lowest BCUT2D eigenvalue weighted by Crippen LogP contribution is -2.18. The average molecular weight is 468 g/mol. The maximum atomic E-state index is 12.2. The van der Waals surface area contributed by atoms with E-state index in [0.717, 1.165) is 0 Å². The largest absolute Gasteiger partial charge is 0.423 e. The lowest BCUT2D eigenvalue weighted by molar-refractivity contribution is -0.385. The fraction of sp³-hybridized carbons (Fsp3) is 0. The van der Waals surface area contributed by atoms with Crippen molar-refractivity contribution in [2.24, 2.45) is 5.10 Å². The van der Waals surface area contributed by atoms with Crippen LogP contribution in [0.3, 0.4) is 0 Å². The van der Waals surface area contributed by atoms with Crippen LogP contribution in [0, 0.1) is 10.1 Å². The van der Waals surface area contributed by atoms with Crippen LogP contribution in [0.5, 0.6) is 5.75 Å². The molecule has 3 aromatic carbocycles. The Morgan fingerprint density at radius 2 is 1.60 bits per heavy atom. The van der Waals surface area contributed by atoms with Gasteiger partial charge in [0.15, 0.2) is 0 Å². The van der Waals surface area contributed by atoms with Gasteiger partial charge in [-0.1, -0.05) is 24.3 Å². The number of hydrazone groups is 1. The molecule has 0 bridgehead atoms. The minimum atomic E-state index is -0.829. The fourth-order valence-corrected chi connectivity index (χ4v) is 2.93. The maximum Gasteiger partial charge on any atom is 0.350 e. The zero-order chi connectivity index (χ0) is 21.5. The van der Waals surface area contributed by atoms with Crippen LogP contribution < -0.4 is 10.2 Å². The molecule has 0 heterocycles. The molecule has 30 heavy (non-hydrogen) atoms. The Morgan fingerprint density at radius 3 is 2.27 bits per heavy atom. The SMILES string of the molecule is O=C(N/N=C\c1ccc(OC(=O)c2ccccc2[N+](=O)[O-])cc1)c1ccccc1Br. The second-order valence-electron chi connectivity index (χ2n) is 5.91. The first-order valence-corrected chi connectivity index (χ1v) is 9.38. The van der Waals surface area contributed by atoms with Gasteiger partial charge in [-0.2, -0.15) is 5.10 Å². The van der Waals surface area contributed by atoms with E-state index in [0.29, 0.717) is 15.6 Å². The highest BCUT2D eigenvalue weighted by atomic mass is 79.9. The fourth-order valence-electron chi connectivity index (χ4n) is 2.46. The first-order valence-electron chi connectivity index (χ1n) is 8.59. The van der Waals surface area contributed by atoms with Gasteiger partial charge in [0.2, 0.25) is 0 Å². The Kier molecular flexibility index (Phi) is 6.66. The lowest BCUT2D eigenvalue weighted by atomic mass is 10.2. The Balaban J connectivity index is 1.62. The van der Waals surface area contributed by atoms with Gasteiger partial charge in [-0.3, -0.25) is 14.9 Å². The number of hydrogen-bond donors (Lipinski definition) is 1. The summed E-state index contributed by atoms with van der Waals surface area (Å²) >= 11 is 3.30. The summed E-state index contributed by atoms with van der Waals surface area (Å²) in [6, 6.07) is 18.8. The zero-order valence-corrected chi connectivity index (χ0v) is 16.9. The Labute approximate surface area is 179 Å². The van der Waals surface area contributed by atoms with Crippen LogP contribution in [0.15, 0.2) is 82.4 Å². The van der Waals surface area contributed by atoms with Crippen LogP contribution in [0.25, 0.3) is 0 Å². The molecule has 1 amide bonds. The molecule has 0 aliphatic heterocycles. The molecule has 0 atom stereocenters. The van der Waals surface area contributed by atoms with E-state index in [1.54, 1.807) is 36.4 Å². The number of esters is 1. The number of nitro benzene ring substituents is 1. The van der Waals surface area contributed by atoms with Gasteiger partial charge in [0, 0.05) is 10.5 Å². The number of halogens is 1. The van der Waals surface area contributed by atoms with E-state index in [1.165, 1.54) is 42.6 Å². The number of para-hydroxylation sites is 1. The summed E-state index contributed by atoms with van der Waals surface area (Å²) in [6.07, 6.45) is 1.43. The molecule has 3 rings (SSSR count). The Bertz CT molecular complexity index is 1130. The monoisotopic (exact) mass is 467 g/mol. The van der Waals surface area contributed by atoms with E-state index in [-0.39, 0.29) is 22.9 Å². The predicted octanol–water partition coefficient (Wildman–Crippen LogP) is 4.34. The summed E-state index contributed by atoms with van der Waals surface area (Å²) in [7, 11) is 0. The molecule has 0 aliphatic rings. The number of carbonyl (C=O) groups is 2. The zero-order valence-electron chi connectivity index (χ0n) is 15.3. The van der Waals surface area contributed by atoms with Gasteiger partial charge in [-0.25, -0.2) is 10.2 Å². The second kappa shape index (κ2) is 9.57. The van der Waals surface area contributed by atoms with E-state index < -0.39 is 10.9 Å². The highest BCUT2D eigenvalue weighted by molar-refractivity contribution is 9.10. The van der Waals surface area contributed by atoms with Gasteiger partial charge in [0.25, 0.3) is 11.6 Å². The molecule has 0 aromatic heterocycles. The summed E-state index contributed by atoms with van der Waals surface area (Å²) in [4.78, 5) is 34.7. The molecular formula is C21H14BrN3O5. The number of nitro groups is 1. The van der Waals surface area contributed by atoms with E-state index in [1.807, 2.05) is 0 Å². The molecule has 0 radical (unpaired) electrons. The molecule has 0 unspecified atom stereocenters. The van der Waals surface area contributed by atoms with Gasteiger partial charge in [-0.05, 0) is 64.0 Å². The predicted molar refractivity (Wildman–Crippen MR) is 114 cm³/mol. The van der Waals surface area contributed by atoms with Crippen LogP contribution in [-0.2, 0) is 0 Å². The number of amides is 1. The third-order valence-electron chi connectivity index (χ3n) is 3.91. The summed E-state index contributed by atoms with van der Waals surface area (Å²) in [5.74, 6) is -0.981. The summed E-state index contributed by atoms with van der Waals surface area (Å²) in [5, 5.41) is 14.9. The van der Waals surface area contributed by atoms with Gasteiger partial charge in [0.1, 0.15) is 11.3 Å². The van der Waals surface area contributed by atoms with Crippen molar-refractivity contribution in [1.82, 2.24) is 5.43 Å². The molecule has 0 aliphatic carbocycles. The van der Waals surface area contributed by atoms with Crippen molar-refractivity contribution in [2.75, 3.05) is 0 Å². The quantitative estimate of drug-likeness (QED) is 0.190. The van der Waals surface area contributed by atoms with Gasteiger partial charge in [-0.15, -0.1) is 0 Å². The van der Waals surface area contributed by atoms with Crippen molar-refractivity contribution in [3.05, 3.63) is 104 Å². The highest BCUT2D eigenvalue weighted by Gasteiger charge is 2.20. The third kappa shape index (κ3) is 5.15. The first kappa shape index (κ1) is 20.9. The Hall–Kier alpha value is -3.85. The number of ether oxygens (including phenoxy) is 1. The topological polar surface area (TPSA) is 111 Å².